The van der Waals surface area contributed by atoms with Crippen LogP contribution in [0, 0.1) is 0 Å². The van der Waals surface area contributed by atoms with Gasteiger partial charge in [-0.25, -0.2) is 0 Å². The molecule has 0 bridgehead atoms. The summed E-state index contributed by atoms with van der Waals surface area (Å²) < 4.78 is 6.74. The standard InChI is InChI=1S/C15H21BrN2O2/c16-13-3-1-2-12(10-13)11-18-15(19)6-9-20-14-4-7-17-8-5-14/h1-3,10,14,17H,4-9,11H2,(H,18,19). The third kappa shape index (κ3) is 5.61. The first-order valence-corrected chi connectivity index (χ1v) is 7.87. The summed E-state index contributed by atoms with van der Waals surface area (Å²) in [4.78, 5) is 11.7. The number of amides is 1. The summed E-state index contributed by atoms with van der Waals surface area (Å²) in [6, 6.07) is 7.94. The number of carbonyl (C=O) groups excluding carboxylic acids is 1. The van der Waals surface area contributed by atoms with Crippen molar-refractivity contribution in [2.24, 2.45) is 0 Å². The van der Waals surface area contributed by atoms with Crippen molar-refractivity contribution in [3.63, 3.8) is 0 Å². The van der Waals surface area contributed by atoms with Crippen molar-refractivity contribution < 1.29 is 9.53 Å². The van der Waals surface area contributed by atoms with E-state index in [0.29, 0.717) is 25.7 Å². The van der Waals surface area contributed by atoms with E-state index in [2.05, 4.69) is 26.6 Å². The molecule has 1 amide bonds. The molecule has 1 aliphatic rings. The van der Waals surface area contributed by atoms with Crippen molar-refractivity contribution in [3.05, 3.63) is 34.3 Å². The third-order valence-corrected chi connectivity index (χ3v) is 3.84. The molecule has 1 aromatic carbocycles. The third-order valence-electron chi connectivity index (χ3n) is 3.35. The first kappa shape index (κ1) is 15.5. The number of piperidine rings is 1. The number of benzene rings is 1. The van der Waals surface area contributed by atoms with E-state index in [9.17, 15) is 4.79 Å². The van der Waals surface area contributed by atoms with Crippen LogP contribution in [0.1, 0.15) is 24.8 Å². The number of hydrogen-bond acceptors (Lipinski definition) is 3. The van der Waals surface area contributed by atoms with Gasteiger partial charge in [0.15, 0.2) is 0 Å². The van der Waals surface area contributed by atoms with Crippen LogP contribution >= 0.6 is 15.9 Å². The first-order chi connectivity index (χ1) is 9.74. The summed E-state index contributed by atoms with van der Waals surface area (Å²) in [5, 5.41) is 6.21. The van der Waals surface area contributed by atoms with E-state index in [-0.39, 0.29) is 5.91 Å². The molecule has 2 N–H and O–H groups in total. The average Bonchev–Trinajstić information content (AvgIpc) is 2.46. The lowest BCUT2D eigenvalue weighted by atomic mass is 10.1. The van der Waals surface area contributed by atoms with Gasteiger partial charge in [-0.2, -0.15) is 0 Å². The van der Waals surface area contributed by atoms with Gasteiger partial charge in [0.25, 0.3) is 0 Å². The lowest BCUT2D eigenvalue weighted by Crippen LogP contribution is -2.33. The Morgan fingerprint density at radius 2 is 2.20 bits per heavy atom. The molecular formula is C15H21BrN2O2. The number of carbonyl (C=O) groups is 1. The van der Waals surface area contributed by atoms with Crippen LogP contribution in [0.3, 0.4) is 0 Å². The molecule has 0 unspecified atom stereocenters. The molecule has 1 fully saturated rings. The van der Waals surface area contributed by atoms with E-state index in [1.807, 2.05) is 24.3 Å². The van der Waals surface area contributed by atoms with Gasteiger partial charge in [-0.05, 0) is 43.6 Å². The SMILES string of the molecule is O=C(CCOC1CCNCC1)NCc1cccc(Br)c1. The molecule has 1 aliphatic heterocycles. The highest BCUT2D eigenvalue weighted by Crippen LogP contribution is 2.11. The second kappa shape index (κ2) is 8.39. The van der Waals surface area contributed by atoms with Crippen LogP contribution in [0.5, 0.6) is 0 Å². The maximum Gasteiger partial charge on any atom is 0.222 e. The molecular weight excluding hydrogens is 320 g/mol. The van der Waals surface area contributed by atoms with Crippen molar-refractivity contribution >= 4 is 21.8 Å². The van der Waals surface area contributed by atoms with Gasteiger partial charge in [0.2, 0.25) is 5.91 Å². The zero-order valence-corrected chi connectivity index (χ0v) is 13.1. The highest BCUT2D eigenvalue weighted by atomic mass is 79.9. The van der Waals surface area contributed by atoms with E-state index in [0.717, 1.165) is 36.0 Å². The number of nitrogens with one attached hydrogen (secondary N) is 2. The summed E-state index contributed by atoms with van der Waals surface area (Å²) in [6.07, 6.45) is 2.83. The van der Waals surface area contributed by atoms with Gasteiger partial charge in [-0.15, -0.1) is 0 Å². The highest BCUT2D eigenvalue weighted by molar-refractivity contribution is 9.10. The van der Waals surface area contributed by atoms with Crippen LogP contribution in [0.4, 0.5) is 0 Å². The van der Waals surface area contributed by atoms with Crippen LogP contribution in [0.15, 0.2) is 28.7 Å². The maximum absolute atomic E-state index is 11.7. The van der Waals surface area contributed by atoms with E-state index in [1.165, 1.54) is 0 Å². The minimum absolute atomic E-state index is 0.0407. The highest BCUT2D eigenvalue weighted by Gasteiger charge is 2.13. The minimum Gasteiger partial charge on any atom is -0.378 e. The summed E-state index contributed by atoms with van der Waals surface area (Å²) in [5.41, 5.74) is 1.09. The summed E-state index contributed by atoms with van der Waals surface area (Å²) in [7, 11) is 0. The molecule has 110 valence electrons. The van der Waals surface area contributed by atoms with Crippen LogP contribution in [0.25, 0.3) is 0 Å². The number of ether oxygens (including phenoxy) is 1. The van der Waals surface area contributed by atoms with Gasteiger partial charge < -0.3 is 15.4 Å². The van der Waals surface area contributed by atoms with Crippen LogP contribution < -0.4 is 10.6 Å². The molecule has 1 aromatic rings. The zero-order valence-electron chi connectivity index (χ0n) is 11.5. The fraction of sp³-hybridized carbons (Fsp3) is 0.533. The quantitative estimate of drug-likeness (QED) is 0.834. The zero-order chi connectivity index (χ0) is 14.2. The Balaban J connectivity index is 1.60. The summed E-state index contributed by atoms with van der Waals surface area (Å²) in [6.45, 7) is 3.10. The predicted molar refractivity (Wildman–Crippen MR) is 82.4 cm³/mol. The van der Waals surface area contributed by atoms with Crippen molar-refractivity contribution in [1.29, 1.82) is 0 Å². The van der Waals surface area contributed by atoms with Gasteiger partial charge in [0, 0.05) is 17.4 Å². The predicted octanol–water partition coefficient (Wildman–Crippen LogP) is 2.22. The molecule has 1 heterocycles. The molecule has 0 saturated carbocycles. The van der Waals surface area contributed by atoms with Crippen molar-refractivity contribution in [2.45, 2.75) is 31.9 Å². The Hall–Kier alpha value is -0.910. The molecule has 4 nitrogen and oxygen atoms in total. The van der Waals surface area contributed by atoms with E-state index in [1.54, 1.807) is 0 Å². The Bertz CT molecular complexity index is 434. The maximum atomic E-state index is 11.7. The molecule has 0 atom stereocenters. The largest absolute Gasteiger partial charge is 0.378 e. The molecule has 2 rings (SSSR count). The van der Waals surface area contributed by atoms with Gasteiger partial charge in [0.1, 0.15) is 0 Å². The monoisotopic (exact) mass is 340 g/mol. The smallest absolute Gasteiger partial charge is 0.222 e. The molecule has 5 heteroatoms. The Morgan fingerprint density at radius 3 is 2.95 bits per heavy atom. The topological polar surface area (TPSA) is 50.4 Å². The Kier molecular flexibility index (Phi) is 6.50. The molecule has 0 aliphatic carbocycles. The number of halogens is 1. The second-order valence-corrected chi connectivity index (χ2v) is 5.89. The van der Waals surface area contributed by atoms with Gasteiger partial charge in [-0.1, -0.05) is 28.1 Å². The minimum atomic E-state index is 0.0407. The van der Waals surface area contributed by atoms with Crippen LogP contribution in [-0.4, -0.2) is 31.7 Å². The van der Waals surface area contributed by atoms with E-state index < -0.39 is 0 Å². The first-order valence-electron chi connectivity index (χ1n) is 7.07. The normalized spacial score (nSPS) is 16.1. The van der Waals surface area contributed by atoms with Crippen molar-refractivity contribution in [3.8, 4) is 0 Å². The van der Waals surface area contributed by atoms with Gasteiger partial charge in [-0.3, -0.25) is 4.79 Å². The van der Waals surface area contributed by atoms with Crippen molar-refractivity contribution in [1.82, 2.24) is 10.6 Å². The van der Waals surface area contributed by atoms with Crippen molar-refractivity contribution in [2.75, 3.05) is 19.7 Å². The molecule has 0 aromatic heterocycles. The second-order valence-electron chi connectivity index (χ2n) is 4.98. The number of hydrogen-bond donors (Lipinski definition) is 2. The summed E-state index contributed by atoms with van der Waals surface area (Å²) >= 11 is 3.42. The molecule has 1 saturated heterocycles. The van der Waals surface area contributed by atoms with E-state index >= 15 is 0 Å². The number of rotatable bonds is 6. The van der Waals surface area contributed by atoms with Crippen LogP contribution in [-0.2, 0) is 16.1 Å². The molecule has 0 spiro atoms. The fourth-order valence-corrected chi connectivity index (χ4v) is 2.66. The average molecular weight is 341 g/mol. The van der Waals surface area contributed by atoms with Crippen LogP contribution in [0.2, 0.25) is 0 Å². The van der Waals surface area contributed by atoms with Gasteiger partial charge >= 0.3 is 0 Å². The van der Waals surface area contributed by atoms with Gasteiger partial charge in [0.05, 0.1) is 12.7 Å². The lowest BCUT2D eigenvalue weighted by Gasteiger charge is -2.22. The molecule has 20 heavy (non-hydrogen) atoms. The molecule has 0 radical (unpaired) electrons. The Morgan fingerprint density at radius 1 is 1.40 bits per heavy atom. The fourth-order valence-electron chi connectivity index (χ4n) is 2.22. The lowest BCUT2D eigenvalue weighted by molar-refractivity contribution is -0.122. The Labute approximate surface area is 128 Å². The van der Waals surface area contributed by atoms with E-state index in [4.69, 9.17) is 4.74 Å². The summed E-state index contributed by atoms with van der Waals surface area (Å²) in [5.74, 6) is 0.0407.